The molecule has 1 aliphatic heterocycles. The average molecular weight is 426 g/mol. The number of carbonyl (C=O) groups is 3. The number of aryl methyl sites for hydroxylation is 2. The first-order valence-corrected chi connectivity index (χ1v) is 10.7. The van der Waals surface area contributed by atoms with Crippen molar-refractivity contribution < 1.29 is 23.9 Å². The molecule has 1 aromatic heterocycles. The second-order valence-electron chi connectivity index (χ2n) is 7.04. The lowest BCUT2D eigenvalue weighted by molar-refractivity contribution is -0.139. The summed E-state index contributed by atoms with van der Waals surface area (Å²) in [6, 6.07) is 9.82. The first-order chi connectivity index (χ1) is 14.6. The maximum atomic E-state index is 12.7. The van der Waals surface area contributed by atoms with Crippen LogP contribution in [0, 0.1) is 0 Å². The van der Waals surface area contributed by atoms with Crippen molar-refractivity contribution in [2.75, 3.05) is 13.2 Å². The molecule has 4 rings (SSSR count). The number of hydrogen-bond donors (Lipinski definition) is 2. The quantitative estimate of drug-likeness (QED) is 0.692. The molecule has 0 saturated heterocycles. The molecule has 2 aromatic rings. The third-order valence-electron chi connectivity index (χ3n) is 5.08. The largest absolute Gasteiger partial charge is 0.463 e. The molecule has 7 nitrogen and oxygen atoms in total. The molecule has 1 atom stereocenters. The fourth-order valence-corrected chi connectivity index (χ4v) is 4.86. The lowest BCUT2D eigenvalue weighted by atomic mass is 9.95. The van der Waals surface area contributed by atoms with E-state index < -0.39 is 24.0 Å². The highest BCUT2D eigenvalue weighted by molar-refractivity contribution is 7.14. The van der Waals surface area contributed by atoms with Gasteiger partial charge in [-0.2, -0.15) is 0 Å². The predicted octanol–water partition coefficient (Wildman–Crippen LogP) is 3.26. The van der Waals surface area contributed by atoms with E-state index in [1.165, 1.54) is 21.8 Å². The Hall–Kier alpha value is -3.13. The van der Waals surface area contributed by atoms with Crippen molar-refractivity contribution in [2.24, 2.45) is 0 Å². The Kier molecular flexibility index (Phi) is 5.85. The molecule has 1 aliphatic carbocycles. The summed E-state index contributed by atoms with van der Waals surface area (Å²) in [4.78, 5) is 39.3. The Balaban J connectivity index is 1.59. The fraction of sp³-hybridized carbons (Fsp3) is 0.318. The number of fused-ring (bicyclic) bond motifs is 1. The van der Waals surface area contributed by atoms with Crippen LogP contribution in [0.1, 0.15) is 45.1 Å². The number of hydrogen-bond acceptors (Lipinski definition) is 6. The number of ether oxygens (including phenoxy) is 2. The maximum absolute atomic E-state index is 12.7. The zero-order valence-corrected chi connectivity index (χ0v) is 17.3. The molecule has 2 heterocycles. The number of urea groups is 1. The van der Waals surface area contributed by atoms with E-state index in [1.807, 2.05) is 36.4 Å². The van der Waals surface area contributed by atoms with Crippen LogP contribution in [-0.4, -0.2) is 31.2 Å². The van der Waals surface area contributed by atoms with Crippen LogP contribution in [0.15, 0.2) is 47.7 Å². The van der Waals surface area contributed by atoms with Crippen molar-refractivity contribution in [1.82, 2.24) is 10.6 Å². The van der Waals surface area contributed by atoms with Gasteiger partial charge >= 0.3 is 18.0 Å². The van der Waals surface area contributed by atoms with Crippen LogP contribution in [0.5, 0.6) is 0 Å². The molecule has 1 aromatic carbocycles. The summed E-state index contributed by atoms with van der Waals surface area (Å²) in [6.07, 6.45) is 3.09. The molecule has 0 spiro atoms. The third-order valence-corrected chi connectivity index (χ3v) is 6.29. The highest BCUT2D eigenvalue weighted by Gasteiger charge is 2.34. The Bertz CT molecular complexity index is 990. The Morgan fingerprint density at radius 3 is 2.67 bits per heavy atom. The van der Waals surface area contributed by atoms with Gasteiger partial charge in [0.25, 0.3) is 0 Å². The molecule has 0 saturated carbocycles. The summed E-state index contributed by atoms with van der Waals surface area (Å²) >= 11 is 1.45. The monoisotopic (exact) mass is 426 g/mol. The van der Waals surface area contributed by atoms with E-state index in [0.29, 0.717) is 4.88 Å². The summed E-state index contributed by atoms with van der Waals surface area (Å²) in [7, 11) is 0. The van der Waals surface area contributed by atoms with Gasteiger partial charge in [0.2, 0.25) is 0 Å². The van der Waals surface area contributed by atoms with Gasteiger partial charge in [0.05, 0.1) is 23.9 Å². The van der Waals surface area contributed by atoms with Crippen molar-refractivity contribution >= 4 is 29.3 Å². The van der Waals surface area contributed by atoms with Crippen LogP contribution >= 0.6 is 11.3 Å². The van der Waals surface area contributed by atoms with Crippen molar-refractivity contribution in [3.05, 3.63) is 68.5 Å². The standard InChI is InChI=1S/C22H22N2O5S/c1-2-28-21(26)18-15(23-22(27)24-19(18)13-7-4-3-5-8-13)12-29-20(25)17-11-14-9-6-10-16(14)30-17/h3-5,7-8,11,19H,2,6,9-10,12H2,1H3,(H2,23,24,27). The van der Waals surface area contributed by atoms with Gasteiger partial charge in [-0.15, -0.1) is 11.3 Å². The van der Waals surface area contributed by atoms with Crippen LogP contribution < -0.4 is 10.6 Å². The molecular formula is C22H22N2O5S. The summed E-state index contributed by atoms with van der Waals surface area (Å²) in [5.41, 5.74) is 2.39. The van der Waals surface area contributed by atoms with Crippen molar-refractivity contribution in [3.8, 4) is 0 Å². The van der Waals surface area contributed by atoms with E-state index in [-0.39, 0.29) is 24.5 Å². The predicted molar refractivity (Wildman–Crippen MR) is 111 cm³/mol. The van der Waals surface area contributed by atoms with Crippen molar-refractivity contribution in [3.63, 3.8) is 0 Å². The van der Waals surface area contributed by atoms with Gasteiger partial charge in [-0.3, -0.25) is 0 Å². The van der Waals surface area contributed by atoms with Gasteiger partial charge < -0.3 is 20.1 Å². The first-order valence-electron chi connectivity index (χ1n) is 9.88. The zero-order valence-electron chi connectivity index (χ0n) is 16.5. The van der Waals surface area contributed by atoms with Crippen molar-refractivity contribution in [2.45, 2.75) is 32.2 Å². The third kappa shape index (κ3) is 4.09. The summed E-state index contributed by atoms with van der Waals surface area (Å²) in [5.74, 6) is -1.03. The Labute approximate surface area is 178 Å². The van der Waals surface area contributed by atoms with Gasteiger partial charge in [-0.1, -0.05) is 30.3 Å². The van der Waals surface area contributed by atoms with E-state index in [0.717, 1.165) is 24.8 Å². The summed E-state index contributed by atoms with van der Waals surface area (Å²) < 4.78 is 10.7. The highest BCUT2D eigenvalue weighted by atomic mass is 32.1. The molecule has 0 fully saturated rings. The van der Waals surface area contributed by atoms with Crippen molar-refractivity contribution in [1.29, 1.82) is 0 Å². The van der Waals surface area contributed by atoms with Gasteiger partial charge in [0.1, 0.15) is 11.5 Å². The van der Waals surface area contributed by atoms with Crippen LogP contribution in [0.3, 0.4) is 0 Å². The molecule has 156 valence electrons. The SMILES string of the molecule is CCOC(=O)C1=C(COC(=O)c2cc3c(s2)CCC3)NC(=O)NC1c1ccccc1. The lowest BCUT2D eigenvalue weighted by Crippen LogP contribution is -2.47. The average Bonchev–Trinajstić information content (AvgIpc) is 3.34. The minimum Gasteiger partial charge on any atom is -0.463 e. The number of nitrogens with one attached hydrogen (secondary N) is 2. The van der Waals surface area contributed by atoms with E-state index in [9.17, 15) is 14.4 Å². The molecule has 2 aliphatic rings. The van der Waals surface area contributed by atoms with E-state index in [2.05, 4.69) is 10.6 Å². The van der Waals surface area contributed by atoms with E-state index in [4.69, 9.17) is 9.47 Å². The van der Waals surface area contributed by atoms with Crippen LogP contribution in [0.2, 0.25) is 0 Å². The lowest BCUT2D eigenvalue weighted by Gasteiger charge is -2.29. The molecule has 2 N–H and O–H groups in total. The van der Waals surface area contributed by atoms with Gasteiger partial charge in [0, 0.05) is 4.88 Å². The second kappa shape index (κ2) is 8.71. The minimum atomic E-state index is -0.696. The van der Waals surface area contributed by atoms with E-state index in [1.54, 1.807) is 6.92 Å². The first kappa shape index (κ1) is 20.2. The normalized spacial score (nSPS) is 17.8. The minimum absolute atomic E-state index is 0.186. The molecule has 30 heavy (non-hydrogen) atoms. The number of benzene rings is 1. The Morgan fingerprint density at radius 1 is 1.13 bits per heavy atom. The van der Waals surface area contributed by atoms with Gasteiger partial charge in [-0.05, 0) is 43.4 Å². The number of esters is 2. The molecule has 1 unspecified atom stereocenters. The smallest absolute Gasteiger partial charge is 0.348 e. The Morgan fingerprint density at radius 2 is 1.93 bits per heavy atom. The molecule has 0 bridgehead atoms. The number of thiophene rings is 1. The highest BCUT2D eigenvalue weighted by Crippen LogP contribution is 2.31. The topological polar surface area (TPSA) is 93.7 Å². The summed E-state index contributed by atoms with van der Waals surface area (Å²) in [5, 5.41) is 5.36. The molecular weight excluding hydrogens is 404 g/mol. The fourth-order valence-electron chi connectivity index (χ4n) is 3.72. The number of rotatable bonds is 6. The van der Waals surface area contributed by atoms with Crippen LogP contribution in [-0.2, 0) is 27.1 Å². The summed E-state index contributed by atoms with van der Waals surface area (Å²) in [6.45, 7) is 1.67. The van der Waals surface area contributed by atoms with Gasteiger partial charge in [0.15, 0.2) is 0 Å². The zero-order chi connectivity index (χ0) is 21.1. The van der Waals surface area contributed by atoms with Crippen LogP contribution in [0.25, 0.3) is 0 Å². The molecule has 0 radical (unpaired) electrons. The maximum Gasteiger partial charge on any atom is 0.348 e. The van der Waals surface area contributed by atoms with Gasteiger partial charge in [-0.25, -0.2) is 14.4 Å². The molecule has 2 amide bonds. The number of amides is 2. The second-order valence-corrected chi connectivity index (χ2v) is 8.18. The number of carbonyl (C=O) groups excluding carboxylic acids is 3. The van der Waals surface area contributed by atoms with Crippen LogP contribution in [0.4, 0.5) is 4.79 Å². The molecule has 8 heteroatoms. The van der Waals surface area contributed by atoms with E-state index >= 15 is 0 Å².